The minimum atomic E-state index is -0.975. The van der Waals surface area contributed by atoms with Gasteiger partial charge in [-0.1, -0.05) is 42.0 Å². The Morgan fingerprint density at radius 3 is 2.29 bits per heavy atom. The number of aryl methyl sites for hydroxylation is 1. The molecule has 0 N–H and O–H groups in total. The molecule has 0 aromatic heterocycles. The number of nitrogens with zero attached hydrogens (tertiary/aromatic N) is 3. The molecule has 2 amide bonds. The van der Waals surface area contributed by atoms with Crippen LogP contribution >= 0.6 is 0 Å². The smallest absolute Gasteiger partial charge is 0.240 e. The van der Waals surface area contributed by atoms with Gasteiger partial charge in [0, 0.05) is 5.56 Å². The first kappa shape index (κ1) is 20.5. The number of anilines is 1. The Labute approximate surface area is 195 Å². The van der Waals surface area contributed by atoms with Crippen LogP contribution in [0.15, 0.2) is 77.9 Å². The quantitative estimate of drug-likeness (QED) is 0.446. The number of imide groups is 1. The number of halogens is 1. The summed E-state index contributed by atoms with van der Waals surface area (Å²) in [5.74, 6) is -3.24. The molecule has 0 aliphatic carbocycles. The fourth-order valence-electron chi connectivity index (χ4n) is 5.40. The lowest BCUT2D eigenvalue weighted by Crippen LogP contribution is -2.44. The molecule has 168 valence electrons. The van der Waals surface area contributed by atoms with Crippen LogP contribution in [0.25, 0.3) is 0 Å². The van der Waals surface area contributed by atoms with Gasteiger partial charge in [0.1, 0.15) is 11.9 Å². The molecular weight excluding hydrogens is 433 g/mol. The van der Waals surface area contributed by atoms with Crippen LogP contribution in [0.5, 0.6) is 0 Å². The van der Waals surface area contributed by atoms with Crippen molar-refractivity contribution in [3.63, 3.8) is 0 Å². The highest BCUT2D eigenvalue weighted by atomic mass is 19.1. The number of ketones is 1. The number of rotatable bonds is 3. The Bertz CT molecular complexity index is 1370. The highest BCUT2D eigenvalue weighted by Gasteiger charge is 2.65. The van der Waals surface area contributed by atoms with Gasteiger partial charge in [-0.05, 0) is 54.4 Å². The lowest BCUT2D eigenvalue weighted by molar-refractivity contribution is -0.124. The van der Waals surface area contributed by atoms with Gasteiger partial charge >= 0.3 is 0 Å². The summed E-state index contributed by atoms with van der Waals surface area (Å²) in [5.41, 5.74) is 3.48. The van der Waals surface area contributed by atoms with E-state index in [1.54, 1.807) is 23.4 Å². The molecule has 0 bridgehead atoms. The fraction of sp³-hybridized carbons (Fsp3) is 0.185. The first-order valence-corrected chi connectivity index (χ1v) is 11.1. The summed E-state index contributed by atoms with van der Waals surface area (Å²) in [6, 6.07) is 18.5. The Hall–Kier alpha value is -4.13. The maximum absolute atomic E-state index is 13.8. The van der Waals surface area contributed by atoms with Gasteiger partial charge in [0.05, 0.1) is 29.8 Å². The standard InChI is InChI=1S/C27H20FN3O3/c1-15-6-12-19(13-7-15)30-26(33)21-22(27(30)34)24(25(32)16-8-10-18(28)11-9-16)31-23(21)20-5-3-2-4-17(20)14-29-31/h2-14,21-24H,1H3/t21-,22+,23+,24-/m1/s1. The number of carbonyl (C=O) groups is 3. The molecule has 2 fully saturated rings. The van der Waals surface area contributed by atoms with Crippen LogP contribution in [0.4, 0.5) is 10.1 Å². The van der Waals surface area contributed by atoms with Crippen molar-refractivity contribution < 1.29 is 18.8 Å². The van der Waals surface area contributed by atoms with E-state index >= 15 is 0 Å². The molecule has 0 radical (unpaired) electrons. The summed E-state index contributed by atoms with van der Waals surface area (Å²) in [4.78, 5) is 42.4. The number of hydrogen-bond acceptors (Lipinski definition) is 5. The van der Waals surface area contributed by atoms with Crippen molar-refractivity contribution in [2.45, 2.75) is 19.0 Å². The van der Waals surface area contributed by atoms with E-state index in [0.717, 1.165) is 16.7 Å². The first-order valence-electron chi connectivity index (χ1n) is 11.1. The largest absolute Gasteiger partial charge is 0.292 e. The number of fused-ring (bicyclic) bond motifs is 5. The molecule has 3 heterocycles. The molecule has 3 aromatic carbocycles. The second kappa shape index (κ2) is 7.45. The molecule has 2 saturated heterocycles. The average molecular weight is 453 g/mol. The van der Waals surface area contributed by atoms with Crippen molar-refractivity contribution in [2.75, 3.05) is 4.90 Å². The van der Waals surface area contributed by atoms with Crippen LogP contribution in [0.1, 0.15) is 33.1 Å². The Morgan fingerprint density at radius 1 is 0.882 bits per heavy atom. The van der Waals surface area contributed by atoms with Crippen LogP contribution in [0.2, 0.25) is 0 Å². The van der Waals surface area contributed by atoms with Crippen molar-refractivity contribution in [1.29, 1.82) is 0 Å². The molecule has 34 heavy (non-hydrogen) atoms. The zero-order valence-corrected chi connectivity index (χ0v) is 18.3. The van der Waals surface area contributed by atoms with E-state index in [1.807, 2.05) is 43.3 Å². The van der Waals surface area contributed by atoms with Crippen LogP contribution in [-0.2, 0) is 9.59 Å². The van der Waals surface area contributed by atoms with Crippen molar-refractivity contribution in [3.05, 3.63) is 101 Å². The van der Waals surface area contributed by atoms with E-state index < -0.39 is 35.6 Å². The summed E-state index contributed by atoms with van der Waals surface area (Å²) in [7, 11) is 0. The maximum Gasteiger partial charge on any atom is 0.240 e. The summed E-state index contributed by atoms with van der Waals surface area (Å²) < 4.78 is 13.5. The van der Waals surface area contributed by atoms with Gasteiger partial charge in [-0.15, -0.1) is 0 Å². The molecular formula is C27H20FN3O3. The Morgan fingerprint density at radius 2 is 1.56 bits per heavy atom. The molecule has 3 aliphatic heterocycles. The predicted molar refractivity (Wildman–Crippen MR) is 124 cm³/mol. The molecule has 4 atom stereocenters. The predicted octanol–water partition coefficient (Wildman–Crippen LogP) is 3.90. The molecule has 0 unspecified atom stereocenters. The molecule has 6 rings (SSSR count). The van der Waals surface area contributed by atoms with E-state index in [9.17, 15) is 18.8 Å². The van der Waals surface area contributed by atoms with Crippen LogP contribution < -0.4 is 4.90 Å². The molecule has 0 saturated carbocycles. The third-order valence-electron chi connectivity index (χ3n) is 6.98. The lowest BCUT2D eigenvalue weighted by atomic mass is 9.83. The van der Waals surface area contributed by atoms with Crippen molar-refractivity contribution in [3.8, 4) is 0 Å². The lowest BCUT2D eigenvalue weighted by Gasteiger charge is -2.33. The summed E-state index contributed by atoms with van der Waals surface area (Å²) in [5, 5.41) is 6.13. The number of benzene rings is 3. The van der Waals surface area contributed by atoms with Crippen molar-refractivity contribution in [1.82, 2.24) is 5.01 Å². The summed E-state index contributed by atoms with van der Waals surface area (Å²) >= 11 is 0. The van der Waals surface area contributed by atoms with Gasteiger partial charge in [0.2, 0.25) is 11.8 Å². The monoisotopic (exact) mass is 453 g/mol. The van der Waals surface area contributed by atoms with Crippen molar-refractivity contribution >= 4 is 29.5 Å². The highest BCUT2D eigenvalue weighted by molar-refractivity contribution is 6.24. The van der Waals surface area contributed by atoms with Gasteiger partial charge in [0.15, 0.2) is 5.78 Å². The fourth-order valence-corrected chi connectivity index (χ4v) is 5.40. The Balaban J connectivity index is 1.49. The van der Waals surface area contributed by atoms with Gasteiger partial charge in [0.25, 0.3) is 0 Å². The van der Waals surface area contributed by atoms with Crippen molar-refractivity contribution in [2.24, 2.45) is 16.9 Å². The van der Waals surface area contributed by atoms with Crippen LogP contribution in [0, 0.1) is 24.6 Å². The summed E-state index contributed by atoms with van der Waals surface area (Å²) in [6.45, 7) is 1.93. The number of hydrazone groups is 1. The second-order valence-corrected chi connectivity index (χ2v) is 8.91. The normalized spacial score (nSPS) is 24.8. The van der Waals surface area contributed by atoms with E-state index in [1.165, 1.54) is 29.2 Å². The zero-order chi connectivity index (χ0) is 23.6. The third kappa shape index (κ3) is 2.86. The highest BCUT2D eigenvalue weighted by Crippen LogP contribution is 2.53. The molecule has 7 heteroatoms. The van der Waals surface area contributed by atoms with Gasteiger partial charge < -0.3 is 0 Å². The number of Topliss-reactive ketones (excluding diaryl/α,β-unsaturated/α-hetero) is 1. The molecule has 3 aliphatic rings. The Kier molecular flexibility index (Phi) is 4.49. The molecule has 3 aromatic rings. The SMILES string of the molecule is Cc1ccc(N2C(=O)[C@@H]3[C@H](C2=O)[C@H](C(=O)c2ccc(F)cc2)N2N=Cc4ccccc4[C@@H]32)cc1. The second-order valence-electron chi connectivity index (χ2n) is 8.91. The maximum atomic E-state index is 13.8. The van der Waals surface area contributed by atoms with E-state index in [4.69, 9.17) is 0 Å². The van der Waals surface area contributed by atoms with Gasteiger partial charge in [-0.25, -0.2) is 9.29 Å². The van der Waals surface area contributed by atoms with Crippen LogP contribution in [-0.4, -0.2) is 34.9 Å². The van der Waals surface area contributed by atoms with E-state index in [2.05, 4.69) is 5.10 Å². The molecule has 6 nitrogen and oxygen atoms in total. The number of carbonyl (C=O) groups excluding carboxylic acids is 3. The first-order chi connectivity index (χ1) is 16.5. The third-order valence-corrected chi connectivity index (χ3v) is 6.98. The van der Waals surface area contributed by atoms with E-state index in [-0.39, 0.29) is 17.3 Å². The van der Waals surface area contributed by atoms with E-state index in [0.29, 0.717) is 5.69 Å². The topological polar surface area (TPSA) is 70.1 Å². The molecule has 0 spiro atoms. The summed E-state index contributed by atoms with van der Waals surface area (Å²) in [6.07, 6.45) is 1.66. The number of hydrogen-bond donors (Lipinski definition) is 0. The minimum absolute atomic E-state index is 0.272. The van der Waals surface area contributed by atoms with Gasteiger partial charge in [-0.2, -0.15) is 5.10 Å². The number of amides is 2. The zero-order valence-electron chi connectivity index (χ0n) is 18.3. The average Bonchev–Trinajstić information content (AvgIpc) is 3.32. The van der Waals surface area contributed by atoms with Crippen LogP contribution in [0.3, 0.4) is 0 Å². The van der Waals surface area contributed by atoms with Gasteiger partial charge in [-0.3, -0.25) is 19.4 Å². The minimum Gasteiger partial charge on any atom is -0.292 e.